The van der Waals surface area contributed by atoms with Crippen molar-refractivity contribution in [1.29, 1.82) is 0 Å². The highest BCUT2D eigenvalue weighted by atomic mass is 16.6. The van der Waals surface area contributed by atoms with Crippen LogP contribution in [-0.2, 0) is 33.3 Å². The van der Waals surface area contributed by atoms with Crippen LogP contribution in [0.3, 0.4) is 0 Å². The van der Waals surface area contributed by atoms with Crippen molar-refractivity contribution in [2.75, 3.05) is 46.1 Å². The van der Waals surface area contributed by atoms with E-state index in [-0.39, 0.29) is 19.8 Å². The molecule has 1 heterocycles. The van der Waals surface area contributed by atoms with Gasteiger partial charge in [0.2, 0.25) is 0 Å². The van der Waals surface area contributed by atoms with Crippen LogP contribution < -0.4 is 0 Å². The van der Waals surface area contributed by atoms with Crippen molar-refractivity contribution in [2.45, 2.75) is 26.8 Å². The summed E-state index contributed by atoms with van der Waals surface area (Å²) >= 11 is 0. The van der Waals surface area contributed by atoms with Crippen LogP contribution in [-0.4, -0.2) is 75.0 Å². The fraction of sp³-hybridized carbons (Fsp3) is 0.800. The van der Waals surface area contributed by atoms with Gasteiger partial charge >= 0.3 is 17.9 Å². The molecule has 1 rings (SSSR count). The number of carbonyl (C=O) groups is 3. The standard InChI is InChI=1S/C15H25NO7/c1-4-21-13(17)11(14(18)22-5-2)12(15(19)23-6-3)16-7-9-20-10-8-16/h11-12H,4-10H2,1-3H3/t12-/m0/s1. The summed E-state index contributed by atoms with van der Waals surface area (Å²) < 4.78 is 20.2. The number of ether oxygens (including phenoxy) is 4. The molecule has 132 valence electrons. The summed E-state index contributed by atoms with van der Waals surface area (Å²) in [6, 6.07) is -1.07. The van der Waals surface area contributed by atoms with Crippen molar-refractivity contribution in [1.82, 2.24) is 4.90 Å². The average molecular weight is 331 g/mol. The van der Waals surface area contributed by atoms with Crippen molar-refractivity contribution in [3.63, 3.8) is 0 Å². The van der Waals surface area contributed by atoms with E-state index in [1.807, 2.05) is 0 Å². The van der Waals surface area contributed by atoms with E-state index in [2.05, 4.69) is 0 Å². The minimum absolute atomic E-state index is 0.105. The maximum Gasteiger partial charge on any atom is 0.324 e. The van der Waals surface area contributed by atoms with Gasteiger partial charge in [-0.15, -0.1) is 0 Å². The van der Waals surface area contributed by atoms with Crippen LogP contribution in [0, 0.1) is 5.92 Å². The van der Waals surface area contributed by atoms with Gasteiger partial charge in [-0.2, -0.15) is 0 Å². The summed E-state index contributed by atoms with van der Waals surface area (Å²) in [6.45, 7) is 6.94. The Morgan fingerprint density at radius 1 is 0.870 bits per heavy atom. The number of nitrogens with zero attached hydrogens (tertiary/aromatic N) is 1. The fourth-order valence-corrected chi connectivity index (χ4v) is 2.40. The molecule has 0 bridgehead atoms. The van der Waals surface area contributed by atoms with Crippen LogP contribution >= 0.6 is 0 Å². The first kappa shape index (κ1) is 19.4. The Morgan fingerprint density at radius 2 is 1.30 bits per heavy atom. The van der Waals surface area contributed by atoms with E-state index in [9.17, 15) is 14.4 Å². The molecule has 1 aliphatic heterocycles. The number of esters is 3. The van der Waals surface area contributed by atoms with Crippen molar-refractivity contribution in [3.8, 4) is 0 Å². The van der Waals surface area contributed by atoms with Gasteiger partial charge in [0.1, 0.15) is 6.04 Å². The molecule has 8 heteroatoms. The Morgan fingerprint density at radius 3 is 1.74 bits per heavy atom. The molecule has 0 aliphatic carbocycles. The monoisotopic (exact) mass is 331 g/mol. The highest BCUT2D eigenvalue weighted by molar-refractivity contribution is 6.00. The molecule has 8 nitrogen and oxygen atoms in total. The first-order chi connectivity index (χ1) is 11.1. The summed E-state index contributed by atoms with van der Waals surface area (Å²) in [7, 11) is 0. The summed E-state index contributed by atoms with van der Waals surface area (Å²) in [6.07, 6.45) is 0. The van der Waals surface area contributed by atoms with Gasteiger partial charge in [0.15, 0.2) is 5.92 Å². The van der Waals surface area contributed by atoms with Crippen molar-refractivity contribution < 1.29 is 33.3 Å². The SMILES string of the molecule is CCOC(=O)C(C(=O)OCC)[C@@H](C(=O)OCC)N1CCOCC1. The van der Waals surface area contributed by atoms with Crippen LogP contribution in [0.2, 0.25) is 0 Å². The van der Waals surface area contributed by atoms with E-state index in [1.54, 1.807) is 25.7 Å². The largest absolute Gasteiger partial charge is 0.465 e. The van der Waals surface area contributed by atoms with E-state index < -0.39 is 29.9 Å². The molecule has 1 saturated heterocycles. The van der Waals surface area contributed by atoms with Gasteiger partial charge in [0.05, 0.1) is 33.0 Å². The highest BCUT2D eigenvalue weighted by Crippen LogP contribution is 2.19. The highest BCUT2D eigenvalue weighted by Gasteiger charge is 2.46. The number of rotatable bonds is 8. The van der Waals surface area contributed by atoms with E-state index in [0.717, 1.165) is 0 Å². The topological polar surface area (TPSA) is 91.4 Å². The lowest BCUT2D eigenvalue weighted by Crippen LogP contribution is -2.56. The first-order valence-corrected chi connectivity index (χ1v) is 7.88. The third-order valence-electron chi connectivity index (χ3n) is 3.36. The predicted octanol–water partition coefficient (Wildman–Crippen LogP) is -0.00730. The second-order valence-electron chi connectivity index (χ2n) is 4.83. The molecule has 23 heavy (non-hydrogen) atoms. The minimum Gasteiger partial charge on any atom is -0.465 e. The second kappa shape index (κ2) is 10.2. The molecule has 0 spiro atoms. The second-order valence-corrected chi connectivity index (χ2v) is 4.83. The molecule has 0 aromatic heterocycles. The predicted molar refractivity (Wildman–Crippen MR) is 79.6 cm³/mol. The van der Waals surface area contributed by atoms with Gasteiger partial charge in [0, 0.05) is 13.1 Å². The molecule has 0 saturated carbocycles. The van der Waals surface area contributed by atoms with E-state index in [4.69, 9.17) is 18.9 Å². The van der Waals surface area contributed by atoms with Crippen molar-refractivity contribution >= 4 is 17.9 Å². The van der Waals surface area contributed by atoms with Gasteiger partial charge in [-0.3, -0.25) is 19.3 Å². The van der Waals surface area contributed by atoms with Gasteiger partial charge in [-0.1, -0.05) is 0 Å². The van der Waals surface area contributed by atoms with Gasteiger partial charge < -0.3 is 18.9 Å². The van der Waals surface area contributed by atoms with Gasteiger partial charge in [0.25, 0.3) is 0 Å². The first-order valence-electron chi connectivity index (χ1n) is 7.88. The Labute approximate surface area is 136 Å². The average Bonchev–Trinajstić information content (AvgIpc) is 2.53. The van der Waals surface area contributed by atoms with Crippen LogP contribution in [0.25, 0.3) is 0 Å². The normalized spacial score (nSPS) is 16.7. The van der Waals surface area contributed by atoms with Crippen molar-refractivity contribution in [2.24, 2.45) is 5.92 Å². The summed E-state index contributed by atoms with van der Waals surface area (Å²) in [5.41, 5.74) is 0. The molecule has 0 unspecified atom stereocenters. The number of carbonyl (C=O) groups excluding carboxylic acids is 3. The van der Waals surface area contributed by atoms with E-state index >= 15 is 0 Å². The molecule has 1 atom stereocenters. The lowest BCUT2D eigenvalue weighted by molar-refractivity contribution is -0.174. The number of hydrogen-bond donors (Lipinski definition) is 0. The summed E-state index contributed by atoms with van der Waals surface area (Å²) in [5, 5.41) is 0. The van der Waals surface area contributed by atoms with E-state index in [1.165, 1.54) is 0 Å². The maximum atomic E-state index is 12.4. The summed E-state index contributed by atoms with van der Waals surface area (Å²) in [5.74, 6) is -3.57. The fourth-order valence-electron chi connectivity index (χ4n) is 2.40. The van der Waals surface area contributed by atoms with Gasteiger partial charge in [-0.25, -0.2) is 0 Å². The van der Waals surface area contributed by atoms with Crippen LogP contribution in [0.4, 0.5) is 0 Å². The minimum atomic E-state index is -1.37. The van der Waals surface area contributed by atoms with Crippen molar-refractivity contribution in [3.05, 3.63) is 0 Å². The zero-order valence-electron chi connectivity index (χ0n) is 13.9. The zero-order chi connectivity index (χ0) is 17.2. The molecule has 0 radical (unpaired) electrons. The van der Waals surface area contributed by atoms with Crippen LogP contribution in [0.5, 0.6) is 0 Å². The quantitative estimate of drug-likeness (QED) is 0.348. The Hall–Kier alpha value is -1.67. The molecule has 0 amide bonds. The van der Waals surface area contributed by atoms with E-state index in [0.29, 0.717) is 26.3 Å². The smallest absolute Gasteiger partial charge is 0.324 e. The lowest BCUT2D eigenvalue weighted by Gasteiger charge is -2.35. The molecule has 0 N–H and O–H groups in total. The number of morpholine rings is 1. The Balaban J connectivity index is 3.09. The third-order valence-corrected chi connectivity index (χ3v) is 3.36. The maximum absolute atomic E-state index is 12.4. The number of hydrogen-bond acceptors (Lipinski definition) is 8. The molecule has 0 aromatic rings. The van der Waals surface area contributed by atoms with Crippen LogP contribution in [0.1, 0.15) is 20.8 Å². The van der Waals surface area contributed by atoms with Crippen LogP contribution in [0.15, 0.2) is 0 Å². The van der Waals surface area contributed by atoms with Gasteiger partial charge in [-0.05, 0) is 20.8 Å². The zero-order valence-corrected chi connectivity index (χ0v) is 13.9. The molecular formula is C15H25NO7. The third kappa shape index (κ3) is 5.47. The summed E-state index contributed by atoms with van der Waals surface area (Å²) in [4.78, 5) is 38.6. The Bertz CT molecular complexity index is 389. The lowest BCUT2D eigenvalue weighted by atomic mass is 9.97. The Kier molecular flexibility index (Phi) is 8.57. The molecular weight excluding hydrogens is 306 g/mol. The molecule has 0 aromatic carbocycles. The molecule has 1 aliphatic rings. The molecule has 1 fully saturated rings.